The first-order valence-electron chi connectivity index (χ1n) is 5.30. The Balaban J connectivity index is 2.34. The van der Waals surface area contributed by atoms with Crippen LogP contribution in [0.4, 0.5) is 5.69 Å². The number of hydrogen-bond acceptors (Lipinski definition) is 3. The molecule has 2 rings (SSSR count). The predicted molar refractivity (Wildman–Crippen MR) is 64.5 cm³/mol. The van der Waals surface area contributed by atoms with Crippen LogP contribution in [0.1, 0.15) is 12.7 Å². The van der Waals surface area contributed by atoms with Crippen LogP contribution >= 0.6 is 0 Å². The molecule has 0 fully saturated rings. The average Bonchev–Trinajstić information content (AvgIpc) is 2.68. The van der Waals surface area contributed by atoms with E-state index in [9.17, 15) is 0 Å². The van der Waals surface area contributed by atoms with Crippen molar-refractivity contribution in [3.8, 4) is 17.1 Å². The first kappa shape index (κ1) is 10.6. The summed E-state index contributed by atoms with van der Waals surface area (Å²) in [6.07, 6.45) is 0. The van der Waals surface area contributed by atoms with Gasteiger partial charge in [-0.1, -0.05) is 0 Å². The van der Waals surface area contributed by atoms with E-state index in [4.69, 9.17) is 14.9 Å². The van der Waals surface area contributed by atoms with Gasteiger partial charge in [-0.3, -0.25) is 0 Å². The zero-order valence-electron chi connectivity index (χ0n) is 9.49. The van der Waals surface area contributed by atoms with E-state index in [2.05, 4.69) is 0 Å². The summed E-state index contributed by atoms with van der Waals surface area (Å²) in [6.45, 7) is 4.47. The molecule has 0 spiro atoms. The molecule has 0 saturated carbocycles. The number of rotatable bonds is 3. The second kappa shape index (κ2) is 4.31. The molecule has 3 nitrogen and oxygen atoms in total. The van der Waals surface area contributed by atoms with Crippen molar-refractivity contribution in [2.24, 2.45) is 0 Å². The van der Waals surface area contributed by atoms with Crippen LogP contribution in [-0.2, 0) is 0 Å². The molecule has 0 aliphatic rings. The molecule has 2 aromatic rings. The lowest BCUT2D eigenvalue weighted by Crippen LogP contribution is -1.96. The third-order valence-electron chi connectivity index (χ3n) is 2.33. The van der Waals surface area contributed by atoms with E-state index < -0.39 is 0 Å². The van der Waals surface area contributed by atoms with Gasteiger partial charge in [0, 0.05) is 5.56 Å². The fourth-order valence-corrected chi connectivity index (χ4v) is 1.58. The van der Waals surface area contributed by atoms with Gasteiger partial charge in [-0.2, -0.15) is 0 Å². The normalized spacial score (nSPS) is 10.4. The number of aryl methyl sites for hydroxylation is 1. The molecule has 1 aromatic carbocycles. The number of anilines is 1. The molecular weight excluding hydrogens is 202 g/mol. The molecule has 0 aliphatic heterocycles. The summed E-state index contributed by atoms with van der Waals surface area (Å²) >= 11 is 0. The minimum Gasteiger partial charge on any atom is -0.492 e. The molecule has 0 radical (unpaired) electrons. The number of ether oxygens (including phenoxy) is 1. The quantitative estimate of drug-likeness (QED) is 0.803. The first-order chi connectivity index (χ1) is 7.70. The molecule has 2 N–H and O–H groups in total. The van der Waals surface area contributed by atoms with Crippen LogP contribution < -0.4 is 10.5 Å². The summed E-state index contributed by atoms with van der Waals surface area (Å²) in [6, 6.07) is 9.54. The van der Waals surface area contributed by atoms with Crippen LogP contribution in [0, 0.1) is 6.92 Å². The lowest BCUT2D eigenvalue weighted by atomic mass is 10.1. The highest BCUT2D eigenvalue weighted by molar-refractivity contribution is 5.67. The molecule has 1 heterocycles. The highest BCUT2D eigenvalue weighted by atomic mass is 16.5. The molecule has 0 amide bonds. The number of furan rings is 1. The summed E-state index contributed by atoms with van der Waals surface area (Å²) in [5.74, 6) is 2.43. The maximum atomic E-state index is 5.88. The molecule has 84 valence electrons. The zero-order valence-corrected chi connectivity index (χ0v) is 9.49. The van der Waals surface area contributed by atoms with Crippen molar-refractivity contribution in [1.82, 2.24) is 0 Å². The third-order valence-corrected chi connectivity index (χ3v) is 2.33. The fourth-order valence-electron chi connectivity index (χ4n) is 1.58. The number of hydrogen-bond donors (Lipinski definition) is 1. The molecule has 1 aromatic heterocycles. The van der Waals surface area contributed by atoms with Gasteiger partial charge in [-0.15, -0.1) is 0 Å². The number of nitrogens with two attached hydrogens (primary N) is 1. The van der Waals surface area contributed by atoms with Crippen molar-refractivity contribution in [2.45, 2.75) is 13.8 Å². The molecule has 16 heavy (non-hydrogen) atoms. The van der Waals surface area contributed by atoms with Gasteiger partial charge in [0.05, 0.1) is 12.3 Å². The first-order valence-corrected chi connectivity index (χ1v) is 5.30. The Bertz CT molecular complexity index is 488. The van der Waals surface area contributed by atoms with Gasteiger partial charge in [-0.25, -0.2) is 0 Å². The van der Waals surface area contributed by atoms with Crippen molar-refractivity contribution < 1.29 is 9.15 Å². The predicted octanol–water partition coefficient (Wildman–Crippen LogP) is 3.24. The van der Waals surface area contributed by atoms with E-state index >= 15 is 0 Å². The molecule has 0 aliphatic carbocycles. The standard InChI is InChI=1S/C13H15NO2/c1-3-15-13-7-5-10(8-11(13)14)12-6-4-9(2)16-12/h4-8H,3,14H2,1-2H3. The monoisotopic (exact) mass is 217 g/mol. The van der Waals surface area contributed by atoms with Crippen LogP contribution in [0.25, 0.3) is 11.3 Å². The van der Waals surface area contributed by atoms with Gasteiger partial charge in [0.2, 0.25) is 0 Å². The van der Waals surface area contributed by atoms with Crippen molar-refractivity contribution >= 4 is 5.69 Å². The summed E-state index contributed by atoms with van der Waals surface area (Å²) in [4.78, 5) is 0. The summed E-state index contributed by atoms with van der Waals surface area (Å²) in [5.41, 5.74) is 7.48. The maximum Gasteiger partial charge on any atom is 0.142 e. The van der Waals surface area contributed by atoms with Crippen LogP contribution in [0.15, 0.2) is 34.7 Å². The smallest absolute Gasteiger partial charge is 0.142 e. The number of benzene rings is 1. The van der Waals surface area contributed by atoms with Gasteiger partial charge in [0.1, 0.15) is 17.3 Å². The lowest BCUT2D eigenvalue weighted by Gasteiger charge is -2.07. The second-order valence-corrected chi connectivity index (χ2v) is 3.60. The van der Waals surface area contributed by atoms with Gasteiger partial charge in [-0.05, 0) is 44.2 Å². The molecule has 0 unspecified atom stereocenters. The maximum absolute atomic E-state index is 5.88. The number of nitrogen functional groups attached to an aromatic ring is 1. The third kappa shape index (κ3) is 2.03. The largest absolute Gasteiger partial charge is 0.492 e. The minimum atomic E-state index is 0.614. The van der Waals surface area contributed by atoms with E-state index in [1.54, 1.807) is 0 Å². The lowest BCUT2D eigenvalue weighted by molar-refractivity contribution is 0.342. The summed E-state index contributed by atoms with van der Waals surface area (Å²) < 4.78 is 10.9. The van der Waals surface area contributed by atoms with E-state index in [1.165, 1.54) is 0 Å². The van der Waals surface area contributed by atoms with E-state index in [0.29, 0.717) is 12.3 Å². The topological polar surface area (TPSA) is 48.4 Å². The highest BCUT2D eigenvalue weighted by Gasteiger charge is 2.06. The second-order valence-electron chi connectivity index (χ2n) is 3.60. The van der Waals surface area contributed by atoms with E-state index in [1.807, 2.05) is 44.2 Å². The van der Waals surface area contributed by atoms with Gasteiger partial charge in [0.25, 0.3) is 0 Å². The minimum absolute atomic E-state index is 0.614. The van der Waals surface area contributed by atoms with Gasteiger partial charge >= 0.3 is 0 Å². The van der Waals surface area contributed by atoms with Crippen molar-refractivity contribution in [1.29, 1.82) is 0 Å². The molecular formula is C13H15NO2. The van der Waals surface area contributed by atoms with Crippen molar-refractivity contribution in [3.05, 3.63) is 36.1 Å². The van der Waals surface area contributed by atoms with E-state index in [-0.39, 0.29) is 0 Å². The fraction of sp³-hybridized carbons (Fsp3) is 0.231. The SMILES string of the molecule is CCOc1ccc(-c2ccc(C)o2)cc1N. The molecule has 0 bridgehead atoms. The summed E-state index contributed by atoms with van der Waals surface area (Å²) in [7, 11) is 0. The zero-order chi connectivity index (χ0) is 11.5. The summed E-state index contributed by atoms with van der Waals surface area (Å²) in [5, 5.41) is 0. The Hall–Kier alpha value is -1.90. The Morgan fingerprint density at radius 2 is 2.06 bits per heavy atom. The highest BCUT2D eigenvalue weighted by Crippen LogP contribution is 2.29. The van der Waals surface area contributed by atoms with Crippen LogP contribution in [0.5, 0.6) is 5.75 Å². The Morgan fingerprint density at radius 1 is 1.25 bits per heavy atom. The Labute approximate surface area is 94.8 Å². The van der Waals surface area contributed by atoms with Gasteiger partial charge in [0.15, 0.2) is 0 Å². The van der Waals surface area contributed by atoms with Crippen LogP contribution in [-0.4, -0.2) is 6.61 Å². The van der Waals surface area contributed by atoms with Crippen LogP contribution in [0.3, 0.4) is 0 Å². The molecule has 3 heteroatoms. The average molecular weight is 217 g/mol. The Kier molecular flexibility index (Phi) is 2.86. The van der Waals surface area contributed by atoms with Crippen molar-refractivity contribution in [2.75, 3.05) is 12.3 Å². The Morgan fingerprint density at radius 3 is 2.62 bits per heavy atom. The molecule has 0 saturated heterocycles. The van der Waals surface area contributed by atoms with Crippen LogP contribution in [0.2, 0.25) is 0 Å². The van der Waals surface area contributed by atoms with E-state index in [0.717, 1.165) is 22.8 Å². The molecule has 0 atom stereocenters. The van der Waals surface area contributed by atoms with Gasteiger partial charge < -0.3 is 14.9 Å². The van der Waals surface area contributed by atoms with Crippen molar-refractivity contribution in [3.63, 3.8) is 0 Å².